The zero-order valence-electron chi connectivity index (χ0n) is 12.0. The van der Waals surface area contributed by atoms with Crippen molar-refractivity contribution in [2.45, 2.75) is 39.0 Å². The third kappa shape index (κ3) is 3.61. The molecule has 0 aromatic heterocycles. The number of amides is 1. The molecule has 0 atom stereocenters. The van der Waals surface area contributed by atoms with E-state index >= 15 is 0 Å². The number of hydrogen-bond donors (Lipinski definition) is 2. The molecule has 0 saturated heterocycles. The fraction of sp³-hybridized carbons (Fsp3) is 0.471. The Kier molecular flexibility index (Phi) is 5.20. The summed E-state index contributed by atoms with van der Waals surface area (Å²) in [7, 11) is 0. The normalized spacial score (nSPS) is 14.7. The Hall–Kier alpha value is -1.79. The van der Waals surface area contributed by atoms with Gasteiger partial charge in [0.2, 0.25) is 5.91 Å². The van der Waals surface area contributed by atoms with Crippen LogP contribution in [0.15, 0.2) is 18.2 Å². The van der Waals surface area contributed by atoms with Crippen LogP contribution in [0.1, 0.15) is 43.7 Å². The van der Waals surface area contributed by atoms with E-state index in [4.69, 9.17) is 5.73 Å². The highest BCUT2D eigenvalue weighted by Gasteiger charge is 2.23. The molecule has 1 saturated carbocycles. The SMILES string of the molecule is CCc1cc(C#CCN)ccc1NC(=O)C1CCCC1. The first kappa shape index (κ1) is 14.6. The van der Waals surface area contributed by atoms with Gasteiger partial charge in [0.25, 0.3) is 0 Å². The van der Waals surface area contributed by atoms with Crippen molar-refractivity contribution in [3.63, 3.8) is 0 Å². The molecule has 0 spiro atoms. The van der Waals surface area contributed by atoms with E-state index in [1.54, 1.807) is 0 Å². The van der Waals surface area contributed by atoms with Gasteiger partial charge in [-0.2, -0.15) is 0 Å². The Labute approximate surface area is 120 Å². The minimum absolute atomic E-state index is 0.165. The van der Waals surface area contributed by atoms with E-state index in [2.05, 4.69) is 24.1 Å². The van der Waals surface area contributed by atoms with Gasteiger partial charge in [-0.3, -0.25) is 4.79 Å². The quantitative estimate of drug-likeness (QED) is 0.830. The van der Waals surface area contributed by atoms with Gasteiger partial charge >= 0.3 is 0 Å². The molecule has 0 aliphatic heterocycles. The summed E-state index contributed by atoms with van der Waals surface area (Å²) in [5.74, 6) is 6.23. The Morgan fingerprint density at radius 1 is 1.40 bits per heavy atom. The van der Waals surface area contributed by atoms with Crippen LogP contribution in [0.4, 0.5) is 5.69 Å². The molecule has 3 heteroatoms. The number of carbonyl (C=O) groups excluding carboxylic acids is 1. The molecule has 0 heterocycles. The number of carbonyl (C=O) groups is 1. The number of hydrogen-bond acceptors (Lipinski definition) is 2. The lowest BCUT2D eigenvalue weighted by Crippen LogP contribution is -2.21. The monoisotopic (exact) mass is 270 g/mol. The van der Waals surface area contributed by atoms with Crippen LogP contribution in [-0.2, 0) is 11.2 Å². The lowest BCUT2D eigenvalue weighted by molar-refractivity contribution is -0.119. The highest BCUT2D eigenvalue weighted by molar-refractivity contribution is 5.93. The standard InChI is InChI=1S/C17H22N2O/c1-2-14-12-13(6-5-11-18)9-10-16(14)19-17(20)15-7-3-4-8-15/h9-10,12,15H,2-4,7-8,11,18H2,1H3,(H,19,20). The third-order valence-electron chi connectivity index (χ3n) is 3.80. The molecular weight excluding hydrogens is 248 g/mol. The average Bonchev–Trinajstić information content (AvgIpc) is 3.00. The summed E-state index contributed by atoms with van der Waals surface area (Å²) in [5, 5.41) is 3.07. The van der Waals surface area contributed by atoms with Crippen molar-refractivity contribution in [1.82, 2.24) is 0 Å². The second-order valence-corrected chi connectivity index (χ2v) is 5.20. The van der Waals surface area contributed by atoms with Crippen molar-refractivity contribution in [1.29, 1.82) is 0 Å². The van der Waals surface area contributed by atoms with Crippen LogP contribution in [0.25, 0.3) is 0 Å². The summed E-state index contributed by atoms with van der Waals surface area (Å²) in [6.45, 7) is 2.45. The van der Waals surface area contributed by atoms with Gasteiger partial charge in [0.15, 0.2) is 0 Å². The van der Waals surface area contributed by atoms with Crippen molar-refractivity contribution < 1.29 is 4.79 Å². The fourth-order valence-corrected chi connectivity index (χ4v) is 2.66. The maximum absolute atomic E-state index is 12.2. The topological polar surface area (TPSA) is 55.1 Å². The van der Waals surface area contributed by atoms with E-state index in [0.717, 1.165) is 36.1 Å². The van der Waals surface area contributed by atoms with Crippen LogP contribution in [0, 0.1) is 17.8 Å². The van der Waals surface area contributed by atoms with Gasteiger partial charge < -0.3 is 11.1 Å². The molecule has 1 amide bonds. The van der Waals surface area contributed by atoms with Crippen LogP contribution in [0.3, 0.4) is 0 Å². The zero-order valence-corrected chi connectivity index (χ0v) is 12.0. The first-order valence-electron chi connectivity index (χ1n) is 7.37. The number of rotatable bonds is 3. The van der Waals surface area contributed by atoms with Gasteiger partial charge in [0, 0.05) is 17.2 Å². The van der Waals surface area contributed by atoms with E-state index in [9.17, 15) is 4.79 Å². The third-order valence-corrected chi connectivity index (χ3v) is 3.80. The minimum atomic E-state index is 0.165. The molecule has 3 N–H and O–H groups in total. The van der Waals surface area contributed by atoms with Crippen molar-refractivity contribution in [2.24, 2.45) is 11.7 Å². The van der Waals surface area contributed by atoms with E-state index in [1.165, 1.54) is 12.8 Å². The molecule has 1 aliphatic rings. The van der Waals surface area contributed by atoms with Gasteiger partial charge in [0.05, 0.1) is 6.54 Å². The van der Waals surface area contributed by atoms with Gasteiger partial charge in [-0.15, -0.1) is 0 Å². The highest BCUT2D eigenvalue weighted by atomic mass is 16.1. The highest BCUT2D eigenvalue weighted by Crippen LogP contribution is 2.27. The summed E-state index contributed by atoms with van der Waals surface area (Å²) in [5.41, 5.74) is 8.38. The predicted molar refractivity (Wildman–Crippen MR) is 82.3 cm³/mol. The Balaban J connectivity index is 2.12. The van der Waals surface area contributed by atoms with Crippen LogP contribution >= 0.6 is 0 Å². The van der Waals surface area contributed by atoms with Gasteiger partial charge in [-0.1, -0.05) is 31.6 Å². The summed E-state index contributed by atoms with van der Waals surface area (Å²) in [4.78, 5) is 12.2. The lowest BCUT2D eigenvalue weighted by Gasteiger charge is -2.13. The predicted octanol–water partition coefficient (Wildman–Crippen LogP) is 2.69. The molecule has 0 radical (unpaired) electrons. The second kappa shape index (κ2) is 7.12. The average molecular weight is 270 g/mol. The molecule has 2 rings (SSSR count). The van der Waals surface area contributed by atoms with Crippen LogP contribution < -0.4 is 11.1 Å². The maximum Gasteiger partial charge on any atom is 0.227 e. The Morgan fingerprint density at radius 3 is 2.80 bits per heavy atom. The zero-order chi connectivity index (χ0) is 14.4. The molecule has 1 aromatic carbocycles. The first-order chi connectivity index (χ1) is 9.74. The van der Waals surface area contributed by atoms with Crippen LogP contribution in [-0.4, -0.2) is 12.5 Å². The molecule has 1 fully saturated rings. The maximum atomic E-state index is 12.2. The van der Waals surface area contributed by atoms with Crippen molar-refractivity contribution >= 4 is 11.6 Å². The summed E-state index contributed by atoms with van der Waals surface area (Å²) >= 11 is 0. The lowest BCUT2D eigenvalue weighted by atomic mass is 10.0. The van der Waals surface area contributed by atoms with Crippen molar-refractivity contribution in [3.8, 4) is 11.8 Å². The largest absolute Gasteiger partial charge is 0.326 e. The molecule has 106 valence electrons. The number of aryl methyl sites for hydroxylation is 1. The summed E-state index contributed by atoms with van der Waals surface area (Å²) < 4.78 is 0. The molecular formula is C17H22N2O. The number of nitrogens with two attached hydrogens (primary N) is 1. The summed E-state index contributed by atoms with van der Waals surface area (Å²) in [6.07, 6.45) is 5.26. The fourth-order valence-electron chi connectivity index (χ4n) is 2.66. The Morgan fingerprint density at radius 2 is 2.15 bits per heavy atom. The summed E-state index contributed by atoms with van der Waals surface area (Å²) in [6, 6.07) is 5.92. The number of nitrogens with one attached hydrogen (secondary N) is 1. The van der Waals surface area contributed by atoms with E-state index in [1.807, 2.05) is 18.2 Å². The van der Waals surface area contributed by atoms with Crippen molar-refractivity contribution in [2.75, 3.05) is 11.9 Å². The molecule has 20 heavy (non-hydrogen) atoms. The second-order valence-electron chi connectivity index (χ2n) is 5.20. The smallest absolute Gasteiger partial charge is 0.227 e. The molecule has 1 aromatic rings. The van der Waals surface area contributed by atoms with E-state index in [0.29, 0.717) is 6.54 Å². The minimum Gasteiger partial charge on any atom is -0.326 e. The van der Waals surface area contributed by atoms with Gasteiger partial charge in [-0.25, -0.2) is 0 Å². The molecule has 3 nitrogen and oxygen atoms in total. The number of anilines is 1. The molecule has 0 unspecified atom stereocenters. The van der Waals surface area contributed by atoms with Gasteiger partial charge in [-0.05, 0) is 43.0 Å². The molecule has 1 aliphatic carbocycles. The first-order valence-corrected chi connectivity index (χ1v) is 7.37. The van der Waals surface area contributed by atoms with Crippen LogP contribution in [0.5, 0.6) is 0 Å². The van der Waals surface area contributed by atoms with Crippen LogP contribution in [0.2, 0.25) is 0 Å². The van der Waals surface area contributed by atoms with Crippen molar-refractivity contribution in [3.05, 3.63) is 29.3 Å². The Bertz CT molecular complexity index is 534. The number of benzene rings is 1. The molecule has 0 bridgehead atoms. The van der Waals surface area contributed by atoms with E-state index < -0.39 is 0 Å². The van der Waals surface area contributed by atoms with E-state index in [-0.39, 0.29) is 11.8 Å². The van der Waals surface area contributed by atoms with Gasteiger partial charge in [0.1, 0.15) is 0 Å².